The topological polar surface area (TPSA) is 70.5 Å². The molecule has 1 atom stereocenters. The summed E-state index contributed by atoms with van der Waals surface area (Å²) in [6, 6.07) is 7.51. The maximum Gasteiger partial charge on any atom is 0.263 e. The van der Waals surface area contributed by atoms with Crippen LogP contribution in [0.3, 0.4) is 0 Å². The van der Waals surface area contributed by atoms with E-state index in [9.17, 15) is 13.6 Å². The fourth-order valence-electron chi connectivity index (χ4n) is 3.20. The average molecular weight is 357 g/mol. The summed E-state index contributed by atoms with van der Waals surface area (Å²) in [4.78, 5) is 20.7. The molecule has 0 radical (unpaired) electrons. The Morgan fingerprint density at radius 2 is 2.00 bits per heavy atom. The fourth-order valence-corrected chi connectivity index (χ4v) is 3.20. The highest BCUT2D eigenvalue weighted by atomic mass is 19.3. The molecule has 1 unspecified atom stereocenters. The smallest absolute Gasteiger partial charge is 0.263 e. The van der Waals surface area contributed by atoms with Crippen LogP contribution >= 0.6 is 0 Å². The molecule has 0 aliphatic carbocycles. The number of piperazine rings is 1. The van der Waals surface area contributed by atoms with Crippen LogP contribution in [-0.4, -0.2) is 45.7 Å². The largest absolute Gasteiger partial charge is 0.352 e. The lowest BCUT2D eigenvalue weighted by Gasteiger charge is -2.36. The van der Waals surface area contributed by atoms with Crippen molar-refractivity contribution in [2.45, 2.75) is 25.3 Å². The molecule has 3 heterocycles. The Bertz CT molecular complexity index is 853. The Balaban J connectivity index is 1.61. The third kappa shape index (κ3) is 3.14. The lowest BCUT2D eigenvalue weighted by atomic mass is 10.0. The number of aromatic nitrogens is 2. The summed E-state index contributed by atoms with van der Waals surface area (Å²) in [6.45, 7) is 1.25. The zero-order valence-corrected chi connectivity index (χ0v) is 13.9. The number of carbonyl (C=O) groups excluding carboxylic acids is 1. The maximum atomic E-state index is 12.7. The van der Waals surface area contributed by atoms with Gasteiger partial charge in [-0.25, -0.2) is 18.7 Å². The normalized spacial score (nSPS) is 19.8. The molecule has 1 N–H and O–H groups in total. The van der Waals surface area contributed by atoms with E-state index in [0.717, 1.165) is 5.71 Å². The zero-order valence-electron chi connectivity index (χ0n) is 13.9. The van der Waals surface area contributed by atoms with Gasteiger partial charge in [0.25, 0.3) is 6.43 Å². The van der Waals surface area contributed by atoms with Gasteiger partial charge in [-0.1, -0.05) is 24.3 Å². The summed E-state index contributed by atoms with van der Waals surface area (Å²) in [7, 11) is 0. The molecule has 0 spiro atoms. The predicted octanol–water partition coefficient (Wildman–Crippen LogP) is 2.38. The Kier molecular flexibility index (Phi) is 4.32. The van der Waals surface area contributed by atoms with Gasteiger partial charge < -0.3 is 5.32 Å². The molecule has 2 aliphatic rings. The number of benzene rings is 1. The van der Waals surface area contributed by atoms with Crippen molar-refractivity contribution in [3.8, 4) is 11.4 Å². The van der Waals surface area contributed by atoms with Crippen LogP contribution < -0.4 is 5.32 Å². The van der Waals surface area contributed by atoms with Crippen LogP contribution in [0.2, 0.25) is 0 Å². The maximum absolute atomic E-state index is 12.7. The molecular weight excluding hydrogens is 340 g/mol. The number of nitrogens with zero attached hydrogens (tertiary/aromatic N) is 4. The third-order valence-electron chi connectivity index (χ3n) is 4.58. The summed E-state index contributed by atoms with van der Waals surface area (Å²) in [5.74, 6) is 0.478. The van der Waals surface area contributed by atoms with Crippen molar-refractivity contribution >= 4 is 11.6 Å². The molecule has 6 nitrogen and oxygen atoms in total. The lowest BCUT2D eigenvalue weighted by Crippen LogP contribution is -2.54. The first kappa shape index (κ1) is 16.6. The number of alkyl halides is 2. The minimum atomic E-state index is -2.50. The second kappa shape index (κ2) is 6.78. The Labute approximate surface area is 149 Å². The van der Waals surface area contributed by atoms with Crippen LogP contribution in [0, 0.1) is 0 Å². The highest BCUT2D eigenvalue weighted by Crippen LogP contribution is 2.24. The highest BCUT2D eigenvalue weighted by molar-refractivity contribution is 6.00. The number of rotatable bonds is 3. The average Bonchev–Trinajstić information content (AvgIpc) is 2.68. The summed E-state index contributed by atoms with van der Waals surface area (Å²) < 4.78 is 25.4. The van der Waals surface area contributed by atoms with Crippen molar-refractivity contribution < 1.29 is 13.6 Å². The standard InChI is InChI=1S/C18H17F2N5O/c19-16(20)11-1-3-12(4-2-11)17-21-8-7-13(23-17)14-5-6-15-18(26)22-9-10-25(15)24-14/h1-4,7-8,15-16H,5-6,9-10H2,(H,22,26). The number of amides is 1. The number of fused-ring (bicyclic) bond motifs is 1. The highest BCUT2D eigenvalue weighted by Gasteiger charge is 2.32. The molecule has 26 heavy (non-hydrogen) atoms. The molecule has 0 saturated carbocycles. The summed E-state index contributed by atoms with van der Waals surface area (Å²) in [6.07, 6.45) is 0.473. The van der Waals surface area contributed by atoms with E-state index in [1.54, 1.807) is 24.4 Å². The molecular formula is C18H17F2N5O. The lowest BCUT2D eigenvalue weighted by molar-refractivity contribution is -0.129. The van der Waals surface area contributed by atoms with Crippen molar-refractivity contribution in [2.75, 3.05) is 13.1 Å². The van der Waals surface area contributed by atoms with Crippen LogP contribution in [0.1, 0.15) is 30.5 Å². The quantitative estimate of drug-likeness (QED) is 0.916. The number of carbonyl (C=O) groups is 1. The molecule has 2 aromatic rings. The van der Waals surface area contributed by atoms with E-state index in [0.29, 0.717) is 43.0 Å². The van der Waals surface area contributed by atoms with Gasteiger partial charge in [-0.15, -0.1) is 0 Å². The molecule has 0 bridgehead atoms. The van der Waals surface area contributed by atoms with E-state index in [4.69, 9.17) is 0 Å². The predicted molar refractivity (Wildman–Crippen MR) is 91.7 cm³/mol. The summed E-state index contributed by atoms with van der Waals surface area (Å²) >= 11 is 0. The summed E-state index contributed by atoms with van der Waals surface area (Å²) in [5, 5.41) is 9.26. The van der Waals surface area contributed by atoms with Gasteiger partial charge in [0.05, 0.1) is 18.0 Å². The van der Waals surface area contributed by atoms with E-state index < -0.39 is 6.43 Å². The number of hydrazone groups is 1. The van der Waals surface area contributed by atoms with Crippen LogP contribution in [0.4, 0.5) is 8.78 Å². The molecule has 1 fully saturated rings. The van der Waals surface area contributed by atoms with E-state index in [2.05, 4.69) is 20.4 Å². The van der Waals surface area contributed by atoms with Crippen molar-refractivity contribution in [1.29, 1.82) is 0 Å². The molecule has 134 valence electrons. The van der Waals surface area contributed by atoms with Gasteiger partial charge in [0.1, 0.15) is 6.04 Å². The van der Waals surface area contributed by atoms with E-state index in [1.807, 2.05) is 5.01 Å². The SMILES string of the molecule is O=C1NCCN2N=C(c3ccnc(-c4ccc(C(F)F)cc4)n3)CCC12. The van der Waals surface area contributed by atoms with Crippen molar-refractivity contribution in [3.05, 3.63) is 47.8 Å². The number of halogens is 2. The number of hydrogen-bond acceptors (Lipinski definition) is 5. The molecule has 8 heteroatoms. The first-order valence-corrected chi connectivity index (χ1v) is 8.45. The fraction of sp³-hybridized carbons (Fsp3) is 0.333. The van der Waals surface area contributed by atoms with Crippen LogP contribution in [-0.2, 0) is 4.79 Å². The molecule has 1 aromatic heterocycles. The zero-order chi connectivity index (χ0) is 18.1. The van der Waals surface area contributed by atoms with E-state index in [1.165, 1.54) is 12.1 Å². The first-order valence-electron chi connectivity index (χ1n) is 8.45. The van der Waals surface area contributed by atoms with Gasteiger partial charge in [-0.3, -0.25) is 9.80 Å². The van der Waals surface area contributed by atoms with Gasteiger partial charge in [0.15, 0.2) is 5.82 Å². The number of hydrogen-bond donors (Lipinski definition) is 1. The molecule has 1 amide bonds. The number of nitrogens with one attached hydrogen (secondary N) is 1. The van der Waals surface area contributed by atoms with Crippen molar-refractivity contribution in [3.63, 3.8) is 0 Å². The van der Waals surface area contributed by atoms with E-state index >= 15 is 0 Å². The van der Waals surface area contributed by atoms with Gasteiger partial charge in [-0.05, 0) is 18.9 Å². The van der Waals surface area contributed by atoms with Crippen LogP contribution in [0.15, 0.2) is 41.6 Å². The van der Waals surface area contributed by atoms with Crippen molar-refractivity contribution in [1.82, 2.24) is 20.3 Å². The van der Waals surface area contributed by atoms with Crippen LogP contribution in [0.5, 0.6) is 0 Å². The molecule has 2 aliphatic heterocycles. The van der Waals surface area contributed by atoms with Crippen molar-refractivity contribution in [2.24, 2.45) is 5.10 Å². The minimum Gasteiger partial charge on any atom is -0.352 e. The Morgan fingerprint density at radius 1 is 1.19 bits per heavy atom. The van der Waals surface area contributed by atoms with Gasteiger partial charge in [0, 0.05) is 23.9 Å². The van der Waals surface area contributed by atoms with Gasteiger partial charge in [0.2, 0.25) is 5.91 Å². The monoisotopic (exact) mass is 357 g/mol. The second-order valence-corrected chi connectivity index (χ2v) is 6.24. The van der Waals surface area contributed by atoms with Gasteiger partial charge in [-0.2, -0.15) is 5.10 Å². The minimum absolute atomic E-state index is 0.0153. The van der Waals surface area contributed by atoms with Crippen LogP contribution in [0.25, 0.3) is 11.4 Å². The Morgan fingerprint density at radius 3 is 2.77 bits per heavy atom. The second-order valence-electron chi connectivity index (χ2n) is 6.24. The molecule has 1 aromatic carbocycles. The molecule has 4 rings (SSSR count). The van der Waals surface area contributed by atoms with Gasteiger partial charge >= 0.3 is 0 Å². The molecule has 1 saturated heterocycles. The summed E-state index contributed by atoms with van der Waals surface area (Å²) in [5.41, 5.74) is 2.14. The first-order chi connectivity index (χ1) is 12.6. The van der Waals surface area contributed by atoms with E-state index in [-0.39, 0.29) is 17.5 Å². The third-order valence-corrected chi connectivity index (χ3v) is 4.58. The Hall–Kier alpha value is -2.90.